The van der Waals surface area contributed by atoms with Gasteiger partial charge in [0.1, 0.15) is 0 Å². The maximum atomic E-state index is 5.82. The zero-order valence-electron chi connectivity index (χ0n) is 11.4. The van der Waals surface area contributed by atoms with Gasteiger partial charge in [-0.05, 0) is 74.2 Å². The van der Waals surface area contributed by atoms with E-state index in [0.29, 0.717) is 10.8 Å². The Balaban J connectivity index is 1.90. The smallest absolute Gasteiger partial charge is 0.00487 e. The third kappa shape index (κ3) is 2.45. The third-order valence-corrected chi connectivity index (χ3v) is 5.41. The highest BCUT2D eigenvalue weighted by Crippen LogP contribution is 2.54. The molecular formula is C15H29N. The molecule has 1 nitrogen and oxygen atoms in total. The molecule has 0 saturated heterocycles. The predicted molar refractivity (Wildman–Crippen MR) is 70.2 cm³/mol. The van der Waals surface area contributed by atoms with E-state index in [1.807, 2.05) is 0 Å². The maximum absolute atomic E-state index is 5.82. The monoisotopic (exact) mass is 223 g/mol. The van der Waals surface area contributed by atoms with Crippen LogP contribution >= 0.6 is 0 Å². The Morgan fingerprint density at radius 1 is 1.06 bits per heavy atom. The summed E-state index contributed by atoms with van der Waals surface area (Å²) in [5.74, 6) is 1.79. The fraction of sp³-hybridized carbons (Fsp3) is 1.00. The lowest BCUT2D eigenvalue weighted by atomic mass is 9.63. The molecule has 1 atom stereocenters. The molecule has 2 fully saturated rings. The van der Waals surface area contributed by atoms with Gasteiger partial charge < -0.3 is 5.73 Å². The molecule has 2 rings (SSSR count). The quantitative estimate of drug-likeness (QED) is 0.715. The van der Waals surface area contributed by atoms with E-state index in [9.17, 15) is 0 Å². The van der Waals surface area contributed by atoms with E-state index in [0.717, 1.165) is 18.4 Å². The first-order valence-electron chi connectivity index (χ1n) is 7.15. The third-order valence-electron chi connectivity index (χ3n) is 5.41. The van der Waals surface area contributed by atoms with Crippen molar-refractivity contribution in [3.05, 3.63) is 0 Å². The Kier molecular flexibility index (Phi) is 3.36. The van der Waals surface area contributed by atoms with Crippen molar-refractivity contribution >= 4 is 0 Å². The minimum Gasteiger partial charge on any atom is -0.330 e. The Morgan fingerprint density at radius 3 is 2.06 bits per heavy atom. The number of nitrogens with two attached hydrogens (primary N) is 1. The number of hydrogen-bond donors (Lipinski definition) is 1. The van der Waals surface area contributed by atoms with Crippen LogP contribution in [0.1, 0.15) is 65.7 Å². The van der Waals surface area contributed by atoms with Gasteiger partial charge in [0.25, 0.3) is 0 Å². The maximum Gasteiger partial charge on any atom is -0.00487 e. The fourth-order valence-corrected chi connectivity index (χ4v) is 4.08. The molecule has 1 spiro atoms. The zero-order valence-corrected chi connectivity index (χ0v) is 11.4. The molecule has 1 unspecified atom stereocenters. The molecule has 94 valence electrons. The Labute approximate surface area is 101 Å². The molecule has 16 heavy (non-hydrogen) atoms. The zero-order chi connectivity index (χ0) is 11.8. The molecule has 2 N–H and O–H groups in total. The van der Waals surface area contributed by atoms with E-state index < -0.39 is 0 Å². The van der Waals surface area contributed by atoms with E-state index >= 15 is 0 Å². The van der Waals surface area contributed by atoms with E-state index in [4.69, 9.17) is 5.73 Å². The molecule has 0 bridgehead atoms. The van der Waals surface area contributed by atoms with Crippen LogP contribution < -0.4 is 5.73 Å². The summed E-state index contributed by atoms with van der Waals surface area (Å²) in [6.07, 6.45) is 10.2. The normalized spacial score (nSPS) is 40.5. The average Bonchev–Trinajstić information content (AvgIpc) is 2.61. The van der Waals surface area contributed by atoms with Crippen LogP contribution in [0.25, 0.3) is 0 Å². The Morgan fingerprint density at radius 2 is 1.62 bits per heavy atom. The first-order valence-corrected chi connectivity index (χ1v) is 7.15. The van der Waals surface area contributed by atoms with E-state index in [1.165, 1.54) is 44.9 Å². The summed E-state index contributed by atoms with van der Waals surface area (Å²) in [6.45, 7) is 8.15. The lowest BCUT2D eigenvalue weighted by Gasteiger charge is -2.42. The second-order valence-electron chi connectivity index (χ2n) is 7.48. The topological polar surface area (TPSA) is 26.0 Å². The molecular weight excluding hydrogens is 194 g/mol. The van der Waals surface area contributed by atoms with Crippen LogP contribution in [0.2, 0.25) is 0 Å². The lowest BCUT2D eigenvalue weighted by Crippen LogP contribution is -2.31. The molecule has 0 aromatic carbocycles. The van der Waals surface area contributed by atoms with Crippen molar-refractivity contribution in [1.29, 1.82) is 0 Å². The van der Waals surface area contributed by atoms with Gasteiger partial charge in [0.05, 0.1) is 0 Å². The van der Waals surface area contributed by atoms with Crippen molar-refractivity contribution in [3.63, 3.8) is 0 Å². The second-order valence-corrected chi connectivity index (χ2v) is 7.48. The van der Waals surface area contributed by atoms with Gasteiger partial charge in [0.2, 0.25) is 0 Å². The van der Waals surface area contributed by atoms with Crippen LogP contribution in [-0.4, -0.2) is 6.54 Å². The van der Waals surface area contributed by atoms with Crippen molar-refractivity contribution < 1.29 is 0 Å². The van der Waals surface area contributed by atoms with Crippen molar-refractivity contribution in [2.75, 3.05) is 6.54 Å². The van der Waals surface area contributed by atoms with Crippen molar-refractivity contribution in [3.8, 4) is 0 Å². The molecule has 0 aromatic rings. The van der Waals surface area contributed by atoms with Gasteiger partial charge in [-0.25, -0.2) is 0 Å². The first kappa shape index (κ1) is 12.4. The predicted octanol–water partition coefficient (Wildman–Crippen LogP) is 3.97. The van der Waals surface area contributed by atoms with Crippen LogP contribution in [0.3, 0.4) is 0 Å². The van der Waals surface area contributed by atoms with Crippen molar-refractivity contribution in [2.24, 2.45) is 28.4 Å². The number of rotatable bonds is 1. The minimum atomic E-state index is 0.521. The van der Waals surface area contributed by atoms with Gasteiger partial charge in [0.15, 0.2) is 0 Å². The van der Waals surface area contributed by atoms with E-state index in [2.05, 4.69) is 20.8 Å². The summed E-state index contributed by atoms with van der Waals surface area (Å²) in [5, 5.41) is 0. The molecule has 0 aromatic heterocycles. The van der Waals surface area contributed by atoms with Crippen molar-refractivity contribution in [2.45, 2.75) is 65.7 Å². The number of hydrogen-bond acceptors (Lipinski definition) is 1. The summed E-state index contributed by atoms with van der Waals surface area (Å²) >= 11 is 0. The summed E-state index contributed by atoms with van der Waals surface area (Å²) < 4.78 is 0. The van der Waals surface area contributed by atoms with E-state index in [1.54, 1.807) is 0 Å². The van der Waals surface area contributed by atoms with Gasteiger partial charge in [-0.15, -0.1) is 0 Å². The molecule has 0 radical (unpaired) electrons. The molecule has 2 saturated carbocycles. The summed E-state index contributed by atoms with van der Waals surface area (Å²) in [4.78, 5) is 0. The highest BCUT2D eigenvalue weighted by atomic mass is 14.6. The Hall–Kier alpha value is -0.0400. The highest BCUT2D eigenvalue weighted by Gasteiger charge is 2.42. The van der Waals surface area contributed by atoms with Gasteiger partial charge in [-0.2, -0.15) is 0 Å². The van der Waals surface area contributed by atoms with Gasteiger partial charge in [-0.3, -0.25) is 0 Å². The molecule has 2 aliphatic rings. The molecule has 0 aliphatic heterocycles. The summed E-state index contributed by atoms with van der Waals surface area (Å²) in [7, 11) is 0. The summed E-state index contributed by atoms with van der Waals surface area (Å²) in [6, 6.07) is 0. The van der Waals surface area contributed by atoms with Crippen LogP contribution in [0, 0.1) is 22.7 Å². The SMILES string of the molecule is CC(C)(C)C1CCC2(CCC(CN)C2)CC1. The molecule has 0 amide bonds. The van der Waals surface area contributed by atoms with E-state index in [-0.39, 0.29) is 0 Å². The fourth-order valence-electron chi connectivity index (χ4n) is 4.08. The van der Waals surface area contributed by atoms with Crippen LogP contribution in [0.15, 0.2) is 0 Å². The largest absolute Gasteiger partial charge is 0.330 e. The minimum absolute atomic E-state index is 0.521. The molecule has 1 heteroatoms. The van der Waals surface area contributed by atoms with Gasteiger partial charge in [-0.1, -0.05) is 20.8 Å². The Bertz CT molecular complexity index is 230. The van der Waals surface area contributed by atoms with Crippen molar-refractivity contribution in [1.82, 2.24) is 0 Å². The van der Waals surface area contributed by atoms with Gasteiger partial charge in [0, 0.05) is 0 Å². The molecule has 2 aliphatic carbocycles. The standard InChI is InChI=1S/C15H29N/c1-14(2,3)13-5-8-15(9-6-13)7-4-12(10-15)11-16/h12-13H,4-11,16H2,1-3H3. The van der Waals surface area contributed by atoms with Crippen LogP contribution in [0.5, 0.6) is 0 Å². The lowest BCUT2D eigenvalue weighted by molar-refractivity contribution is 0.0890. The van der Waals surface area contributed by atoms with Crippen LogP contribution in [0.4, 0.5) is 0 Å². The average molecular weight is 223 g/mol. The molecule has 0 heterocycles. The summed E-state index contributed by atoms with van der Waals surface area (Å²) in [5.41, 5.74) is 7.06. The van der Waals surface area contributed by atoms with Gasteiger partial charge >= 0.3 is 0 Å². The second kappa shape index (κ2) is 4.33. The highest BCUT2D eigenvalue weighted by molar-refractivity contribution is 4.94. The first-order chi connectivity index (χ1) is 7.45. The van der Waals surface area contributed by atoms with Crippen LogP contribution in [-0.2, 0) is 0 Å².